The third kappa shape index (κ3) is 2.07. The fourth-order valence-corrected chi connectivity index (χ4v) is 1.58. The Morgan fingerprint density at radius 3 is 2.71 bits per heavy atom. The molecule has 0 aliphatic carbocycles. The lowest BCUT2D eigenvalue weighted by Crippen LogP contribution is -2.21. The van der Waals surface area contributed by atoms with Crippen LogP contribution >= 0.6 is 0 Å². The van der Waals surface area contributed by atoms with Crippen molar-refractivity contribution in [2.24, 2.45) is 12.8 Å². The van der Waals surface area contributed by atoms with Gasteiger partial charge < -0.3 is 10.5 Å². The molecule has 0 spiro atoms. The Morgan fingerprint density at radius 1 is 1.57 bits per heavy atom. The van der Waals surface area contributed by atoms with E-state index in [0.717, 1.165) is 30.0 Å². The number of nitrogens with two attached hydrogens (primary N) is 1. The number of aromatic nitrogens is 2. The van der Waals surface area contributed by atoms with Crippen LogP contribution in [0.5, 0.6) is 5.88 Å². The molecule has 0 bridgehead atoms. The molecule has 1 heterocycles. The first-order chi connectivity index (χ1) is 6.60. The van der Waals surface area contributed by atoms with Crippen molar-refractivity contribution in [1.29, 1.82) is 0 Å². The normalized spacial score (nSPS) is 12.9. The van der Waals surface area contributed by atoms with Crippen molar-refractivity contribution >= 4 is 0 Å². The highest BCUT2D eigenvalue weighted by molar-refractivity contribution is 5.31. The van der Waals surface area contributed by atoms with Crippen molar-refractivity contribution in [2.75, 3.05) is 7.11 Å². The van der Waals surface area contributed by atoms with Crippen molar-refractivity contribution < 1.29 is 4.74 Å². The zero-order chi connectivity index (χ0) is 10.7. The number of aryl methyl sites for hydroxylation is 2. The standard InChI is InChI=1S/C10H19N3O/c1-5-8(11)6-9-7(2)12-13(3)10(9)14-4/h8H,5-6,11H2,1-4H3. The summed E-state index contributed by atoms with van der Waals surface area (Å²) in [4.78, 5) is 0. The van der Waals surface area contributed by atoms with E-state index in [-0.39, 0.29) is 6.04 Å². The molecule has 0 aromatic carbocycles. The van der Waals surface area contributed by atoms with Crippen molar-refractivity contribution in [3.8, 4) is 5.88 Å². The molecule has 1 atom stereocenters. The van der Waals surface area contributed by atoms with Gasteiger partial charge in [0.2, 0.25) is 5.88 Å². The molecule has 1 aromatic heterocycles. The average molecular weight is 197 g/mol. The van der Waals surface area contributed by atoms with Crippen LogP contribution < -0.4 is 10.5 Å². The minimum atomic E-state index is 0.187. The summed E-state index contributed by atoms with van der Waals surface area (Å²) in [6, 6.07) is 0.187. The van der Waals surface area contributed by atoms with Gasteiger partial charge in [0.1, 0.15) is 0 Å². The van der Waals surface area contributed by atoms with Crippen LogP contribution in [-0.2, 0) is 13.5 Å². The zero-order valence-corrected chi connectivity index (χ0v) is 9.37. The number of hydrogen-bond donors (Lipinski definition) is 1. The summed E-state index contributed by atoms with van der Waals surface area (Å²) < 4.78 is 7.04. The van der Waals surface area contributed by atoms with Gasteiger partial charge in [-0.1, -0.05) is 6.92 Å². The lowest BCUT2D eigenvalue weighted by atomic mass is 10.1. The largest absolute Gasteiger partial charge is 0.481 e. The van der Waals surface area contributed by atoms with Gasteiger partial charge >= 0.3 is 0 Å². The van der Waals surface area contributed by atoms with Gasteiger partial charge in [-0.2, -0.15) is 5.10 Å². The van der Waals surface area contributed by atoms with Gasteiger partial charge in [0.25, 0.3) is 0 Å². The monoisotopic (exact) mass is 197 g/mol. The van der Waals surface area contributed by atoms with Gasteiger partial charge in [-0.15, -0.1) is 0 Å². The Balaban J connectivity index is 2.94. The van der Waals surface area contributed by atoms with E-state index in [1.54, 1.807) is 11.8 Å². The molecule has 1 rings (SSSR count). The molecule has 4 nitrogen and oxygen atoms in total. The van der Waals surface area contributed by atoms with Crippen LogP contribution in [0, 0.1) is 6.92 Å². The number of nitrogens with zero attached hydrogens (tertiary/aromatic N) is 2. The zero-order valence-electron chi connectivity index (χ0n) is 9.37. The van der Waals surface area contributed by atoms with E-state index in [2.05, 4.69) is 12.0 Å². The molecule has 1 aromatic rings. The van der Waals surface area contributed by atoms with Crippen LogP contribution in [0.3, 0.4) is 0 Å². The number of rotatable bonds is 4. The summed E-state index contributed by atoms with van der Waals surface area (Å²) >= 11 is 0. The molecule has 4 heteroatoms. The van der Waals surface area contributed by atoms with Crippen molar-refractivity contribution in [1.82, 2.24) is 9.78 Å². The molecule has 1 unspecified atom stereocenters. The van der Waals surface area contributed by atoms with Gasteiger partial charge in [-0.25, -0.2) is 4.68 Å². The molecule has 0 fully saturated rings. The fourth-order valence-electron chi connectivity index (χ4n) is 1.58. The number of methoxy groups -OCH3 is 1. The molecular weight excluding hydrogens is 178 g/mol. The van der Waals surface area contributed by atoms with Gasteiger partial charge in [-0.05, 0) is 19.8 Å². The van der Waals surface area contributed by atoms with Crippen molar-refractivity contribution in [3.05, 3.63) is 11.3 Å². The highest BCUT2D eigenvalue weighted by Crippen LogP contribution is 2.22. The van der Waals surface area contributed by atoms with Crippen LogP contribution in [0.15, 0.2) is 0 Å². The maximum absolute atomic E-state index is 5.91. The van der Waals surface area contributed by atoms with Gasteiger partial charge in [0.15, 0.2) is 0 Å². The van der Waals surface area contributed by atoms with E-state index in [9.17, 15) is 0 Å². The topological polar surface area (TPSA) is 53.1 Å². The molecule has 0 amide bonds. The van der Waals surface area contributed by atoms with Crippen LogP contribution in [0.4, 0.5) is 0 Å². The van der Waals surface area contributed by atoms with E-state index in [4.69, 9.17) is 10.5 Å². The van der Waals surface area contributed by atoms with Gasteiger partial charge in [-0.3, -0.25) is 0 Å². The van der Waals surface area contributed by atoms with Crippen LogP contribution in [0.2, 0.25) is 0 Å². The number of hydrogen-bond acceptors (Lipinski definition) is 3. The predicted molar refractivity (Wildman–Crippen MR) is 56.5 cm³/mol. The Morgan fingerprint density at radius 2 is 2.21 bits per heavy atom. The number of ether oxygens (including phenoxy) is 1. The molecule has 80 valence electrons. The van der Waals surface area contributed by atoms with Gasteiger partial charge in [0.05, 0.1) is 12.8 Å². The summed E-state index contributed by atoms with van der Waals surface area (Å²) in [5.74, 6) is 0.825. The molecule has 2 N–H and O–H groups in total. The SMILES string of the molecule is CCC(N)Cc1c(C)nn(C)c1OC. The molecule has 14 heavy (non-hydrogen) atoms. The molecular formula is C10H19N3O. The lowest BCUT2D eigenvalue weighted by molar-refractivity contribution is 0.368. The Bertz CT molecular complexity index is 307. The van der Waals surface area contributed by atoms with Crippen LogP contribution in [0.1, 0.15) is 24.6 Å². The van der Waals surface area contributed by atoms with Crippen molar-refractivity contribution in [2.45, 2.75) is 32.7 Å². The highest BCUT2D eigenvalue weighted by Gasteiger charge is 2.15. The van der Waals surface area contributed by atoms with E-state index >= 15 is 0 Å². The molecule has 0 saturated heterocycles. The summed E-state index contributed by atoms with van der Waals surface area (Å²) in [5.41, 5.74) is 8.05. The van der Waals surface area contributed by atoms with Crippen LogP contribution in [-0.4, -0.2) is 22.9 Å². The first-order valence-corrected chi connectivity index (χ1v) is 4.92. The van der Waals surface area contributed by atoms with Crippen molar-refractivity contribution in [3.63, 3.8) is 0 Å². The molecule has 0 radical (unpaired) electrons. The maximum Gasteiger partial charge on any atom is 0.214 e. The second kappa shape index (κ2) is 4.46. The minimum Gasteiger partial charge on any atom is -0.481 e. The highest BCUT2D eigenvalue weighted by atomic mass is 16.5. The van der Waals surface area contributed by atoms with E-state index in [0.29, 0.717) is 0 Å². The fraction of sp³-hybridized carbons (Fsp3) is 0.700. The second-order valence-corrected chi connectivity index (χ2v) is 3.57. The quantitative estimate of drug-likeness (QED) is 0.784. The second-order valence-electron chi connectivity index (χ2n) is 3.57. The van der Waals surface area contributed by atoms with E-state index in [1.807, 2.05) is 14.0 Å². The molecule has 0 aliphatic rings. The van der Waals surface area contributed by atoms with Gasteiger partial charge in [0, 0.05) is 18.7 Å². The summed E-state index contributed by atoms with van der Waals surface area (Å²) in [5, 5.41) is 4.31. The average Bonchev–Trinajstić information content (AvgIpc) is 2.41. The maximum atomic E-state index is 5.91. The van der Waals surface area contributed by atoms with E-state index in [1.165, 1.54) is 0 Å². The first kappa shape index (κ1) is 11.0. The first-order valence-electron chi connectivity index (χ1n) is 4.92. The lowest BCUT2D eigenvalue weighted by Gasteiger charge is -2.09. The van der Waals surface area contributed by atoms with Crippen LogP contribution in [0.25, 0.3) is 0 Å². The Kier molecular flexibility index (Phi) is 3.52. The molecule has 0 aliphatic heterocycles. The molecule has 0 saturated carbocycles. The Hall–Kier alpha value is -1.03. The third-order valence-electron chi connectivity index (χ3n) is 2.47. The summed E-state index contributed by atoms with van der Waals surface area (Å²) in [6.45, 7) is 4.07. The third-order valence-corrected chi connectivity index (χ3v) is 2.47. The minimum absolute atomic E-state index is 0.187. The van der Waals surface area contributed by atoms with E-state index < -0.39 is 0 Å². The predicted octanol–water partition coefficient (Wildman–Crippen LogP) is 1.02. The summed E-state index contributed by atoms with van der Waals surface area (Å²) in [7, 11) is 3.55. The summed E-state index contributed by atoms with van der Waals surface area (Å²) in [6.07, 6.45) is 1.80. The Labute approximate surface area is 85.0 Å². The smallest absolute Gasteiger partial charge is 0.214 e.